The molecule has 0 atom stereocenters. The average Bonchev–Trinajstić information content (AvgIpc) is 2.67. The zero-order valence-corrected chi connectivity index (χ0v) is 15.7. The molecule has 27 heavy (non-hydrogen) atoms. The quantitative estimate of drug-likeness (QED) is 0.678. The number of amides is 1. The van der Waals surface area contributed by atoms with Gasteiger partial charge in [-0.25, -0.2) is 4.98 Å². The van der Waals surface area contributed by atoms with Crippen molar-refractivity contribution in [1.29, 1.82) is 0 Å². The summed E-state index contributed by atoms with van der Waals surface area (Å²) >= 11 is 0. The molecule has 5 heteroatoms. The van der Waals surface area contributed by atoms with Crippen LogP contribution in [-0.2, 0) is 6.42 Å². The summed E-state index contributed by atoms with van der Waals surface area (Å²) in [5.74, 6) is 1.42. The highest BCUT2D eigenvalue weighted by molar-refractivity contribution is 6.07. The lowest BCUT2D eigenvalue weighted by molar-refractivity contribution is 0.102. The molecule has 3 N–H and O–H groups in total. The van der Waals surface area contributed by atoms with Crippen LogP contribution in [0.4, 0.5) is 11.5 Å². The molecule has 0 saturated carbocycles. The van der Waals surface area contributed by atoms with Gasteiger partial charge < -0.3 is 15.8 Å². The van der Waals surface area contributed by atoms with Gasteiger partial charge in [-0.05, 0) is 73.9 Å². The minimum Gasteiger partial charge on any atom is -0.457 e. The van der Waals surface area contributed by atoms with E-state index in [1.54, 1.807) is 18.2 Å². The van der Waals surface area contributed by atoms with Gasteiger partial charge in [0.1, 0.15) is 17.3 Å². The number of pyridine rings is 1. The first-order chi connectivity index (χ1) is 13.0. The van der Waals surface area contributed by atoms with Gasteiger partial charge in [-0.2, -0.15) is 0 Å². The van der Waals surface area contributed by atoms with E-state index in [9.17, 15) is 4.79 Å². The number of nitrogens with one attached hydrogen (secondary N) is 1. The Bertz CT molecular complexity index is 949. The number of nitrogens with two attached hydrogens (primary N) is 1. The van der Waals surface area contributed by atoms with Gasteiger partial charge in [-0.3, -0.25) is 4.79 Å². The first-order valence-electron chi connectivity index (χ1n) is 8.88. The molecule has 3 rings (SSSR count). The van der Waals surface area contributed by atoms with Crippen LogP contribution in [0.2, 0.25) is 0 Å². The second-order valence-electron chi connectivity index (χ2n) is 6.40. The van der Waals surface area contributed by atoms with Crippen molar-refractivity contribution in [2.24, 2.45) is 0 Å². The summed E-state index contributed by atoms with van der Waals surface area (Å²) in [6.07, 6.45) is 0.995. The van der Waals surface area contributed by atoms with Crippen molar-refractivity contribution < 1.29 is 9.53 Å². The number of nitrogen functional groups attached to an aromatic ring is 1. The topological polar surface area (TPSA) is 77.2 Å². The highest BCUT2D eigenvalue weighted by Crippen LogP contribution is 2.24. The van der Waals surface area contributed by atoms with Gasteiger partial charge in [-0.15, -0.1) is 0 Å². The Morgan fingerprint density at radius 1 is 1.04 bits per heavy atom. The van der Waals surface area contributed by atoms with Crippen molar-refractivity contribution >= 4 is 17.4 Å². The molecular weight excluding hydrogens is 338 g/mol. The number of carbonyl (C=O) groups excluding carboxylic acids is 1. The summed E-state index contributed by atoms with van der Waals surface area (Å²) in [6.45, 7) is 5.88. The van der Waals surface area contributed by atoms with E-state index in [-0.39, 0.29) is 11.7 Å². The normalized spacial score (nSPS) is 10.5. The SMILES string of the molecule is CCc1ccc(Oc2ccc(NC(=O)c3cc(C)c(C)nc3N)cc2)cc1. The number of rotatable bonds is 5. The first kappa shape index (κ1) is 18.5. The number of hydrogen-bond acceptors (Lipinski definition) is 4. The number of benzene rings is 2. The molecule has 0 saturated heterocycles. The maximum absolute atomic E-state index is 12.5. The fraction of sp³-hybridized carbons (Fsp3) is 0.182. The van der Waals surface area contributed by atoms with Gasteiger partial charge in [-0.1, -0.05) is 19.1 Å². The second-order valence-corrected chi connectivity index (χ2v) is 6.40. The Morgan fingerprint density at radius 3 is 2.22 bits per heavy atom. The second kappa shape index (κ2) is 7.91. The van der Waals surface area contributed by atoms with E-state index >= 15 is 0 Å². The minimum atomic E-state index is -0.285. The van der Waals surface area contributed by atoms with Gasteiger partial charge in [0.25, 0.3) is 5.91 Å². The van der Waals surface area contributed by atoms with Crippen LogP contribution in [0.15, 0.2) is 54.6 Å². The predicted octanol–water partition coefficient (Wildman–Crippen LogP) is 4.89. The third kappa shape index (κ3) is 4.44. The van der Waals surface area contributed by atoms with Crippen LogP contribution >= 0.6 is 0 Å². The first-order valence-corrected chi connectivity index (χ1v) is 8.88. The van der Waals surface area contributed by atoms with Crippen molar-refractivity contribution in [3.05, 3.63) is 77.0 Å². The Hall–Kier alpha value is -3.34. The van der Waals surface area contributed by atoms with Crippen molar-refractivity contribution in [3.8, 4) is 11.5 Å². The fourth-order valence-corrected chi connectivity index (χ4v) is 2.64. The summed E-state index contributed by atoms with van der Waals surface area (Å²) in [5.41, 5.74) is 9.92. The third-order valence-corrected chi connectivity index (χ3v) is 4.42. The molecule has 1 amide bonds. The summed E-state index contributed by atoms with van der Waals surface area (Å²) in [4.78, 5) is 16.7. The molecule has 5 nitrogen and oxygen atoms in total. The number of aryl methyl sites for hydroxylation is 3. The molecule has 2 aromatic carbocycles. The van der Waals surface area contributed by atoms with E-state index in [1.807, 2.05) is 50.2 Å². The van der Waals surface area contributed by atoms with E-state index in [0.717, 1.165) is 23.4 Å². The highest BCUT2D eigenvalue weighted by Gasteiger charge is 2.13. The minimum absolute atomic E-state index is 0.228. The van der Waals surface area contributed by atoms with Crippen LogP contribution in [0.3, 0.4) is 0 Å². The molecule has 3 aromatic rings. The van der Waals surface area contributed by atoms with Crippen LogP contribution < -0.4 is 15.8 Å². The van der Waals surface area contributed by atoms with E-state index in [1.165, 1.54) is 5.56 Å². The van der Waals surface area contributed by atoms with Crippen LogP contribution in [0, 0.1) is 13.8 Å². The smallest absolute Gasteiger partial charge is 0.259 e. The number of ether oxygens (including phenoxy) is 1. The van der Waals surface area contributed by atoms with Gasteiger partial charge in [0.15, 0.2) is 0 Å². The monoisotopic (exact) mass is 361 g/mol. The molecule has 0 radical (unpaired) electrons. The maximum atomic E-state index is 12.5. The molecule has 0 bridgehead atoms. The van der Waals surface area contributed by atoms with Gasteiger partial charge >= 0.3 is 0 Å². The Labute approximate surface area is 159 Å². The van der Waals surface area contributed by atoms with Crippen LogP contribution in [0.25, 0.3) is 0 Å². The number of aromatic nitrogens is 1. The molecule has 0 aliphatic carbocycles. The number of anilines is 2. The van der Waals surface area contributed by atoms with Crippen LogP contribution in [0.5, 0.6) is 11.5 Å². The summed E-state index contributed by atoms with van der Waals surface area (Å²) < 4.78 is 5.83. The van der Waals surface area contributed by atoms with Gasteiger partial charge in [0.05, 0.1) is 5.56 Å². The van der Waals surface area contributed by atoms with E-state index < -0.39 is 0 Å². The standard InChI is InChI=1S/C22H23N3O2/c1-4-16-5-9-18(10-6-16)27-19-11-7-17(8-12-19)25-22(26)20-13-14(2)15(3)24-21(20)23/h5-13H,4H2,1-3H3,(H2,23,24)(H,25,26). The number of nitrogens with zero attached hydrogens (tertiary/aromatic N) is 1. The molecule has 0 aliphatic rings. The van der Waals surface area contributed by atoms with Crippen LogP contribution in [-0.4, -0.2) is 10.9 Å². The lowest BCUT2D eigenvalue weighted by Gasteiger charge is -2.10. The van der Waals surface area contributed by atoms with Crippen molar-refractivity contribution in [1.82, 2.24) is 4.98 Å². The molecule has 0 aliphatic heterocycles. The summed E-state index contributed by atoms with van der Waals surface area (Å²) in [5, 5.41) is 2.84. The third-order valence-electron chi connectivity index (χ3n) is 4.42. The lowest BCUT2D eigenvalue weighted by Crippen LogP contribution is -2.15. The molecule has 0 unspecified atom stereocenters. The molecule has 0 fully saturated rings. The maximum Gasteiger partial charge on any atom is 0.259 e. The molecular formula is C22H23N3O2. The molecule has 1 aromatic heterocycles. The molecule has 1 heterocycles. The Morgan fingerprint density at radius 2 is 1.63 bits per heavy atom. The van der Waals surface area contributed by atoms with Crippen LogP contribution in [0.1, 0.15) is 34.1 Å². The molecule has 138 valence electrons. The fourth-order valence-electron chi connectivity index (χ4n) is 2.64. The number of carbonyl (C=O) groups is 1. The number of hydrogen-bond donors (Lipinski definition) is 2. The highest BCUT2D eigenvalue weighted by atomic mass is 16.5. The Kier molecular flexibility index (Phi) is 5.41. The predicted molar refractivity (Wildman–Crippen MR) is 108 cm³/mol. The van der Waals surface area contributed by atoms with E-state index in [0.29, 0.717) is 17.0 Å². The van der Waals surface area contributed by atoms with E-state index in [2.05, 4.69) is 17.2 Å². The summed E-state index contributed by atoms with van der Waals surface area (Å²) in [7, 11) is 0. The van der Waals surface area contributed by atoms with Gasteiger partial charge in [0.2, 0.25) is 0 Å². The van der Waals surface area contributed by atoms with Crippen molar-refractivity contribution in [2.45, 2.75) is 27.2 Å². The Balaban J connectivity index is 1.68. The zero-order chi connectivity index (χ0) is 19.4. The van der Waals surface area contributed by atoms with Gasteiger partial charge in [0, 0.05) is 11.4 Å². The molecule has 0 spiro atoms. The van der Waals surface area contributed by atoms with E-state index in [4.69, 9.17) is 10.5 Å². The largest absolute Gasteiger partial charge is 0.457 e. The zero-order valence-electron chi connectivity index (χ0n) is 15.7. The van der Waals surface area contributed by atoms with Crippen molar-refractivity contribution in [2.75, 3.05) is 11.1 Å². The lowest BCUT2D eigenvalue weighted by atomic mass is 10.1. The average molecular weight is 361 g/mol. The summed E-state index contributed by atoms with van der Waals surface area (Å²) in [6, 6.07) is 16.9. The van der Waals surface area contributed by atoms with Crippen molar-refractivity contribution in [3.63, 3.8) is 0 Å².